The van der Waals surface area contributed by atoms with Gasteiger partial charge in [0.1, 0.15) is 11.4 Å². The second-order valence-corrected chi connectivity index (χ2v) is 10.6. The number of ether oxygens (including phenoxy) is 2. The molecule has 0 bridgehead atoms. The van der Waals surface area contributed by atoms with Crippen LogP contribution in [0.1, 0.15) is 53.5 Å². The number of piperidine rings is 1. The van der Waals surface area contributed by atoms with Gasteiger partial charge in [-0.2, -0.15) is 0 Å². The summed E-state index contributed by atoms with van der Waals surface area (Å²) in [6, 6.07) is 12.5. The van der Waals surface area contributed by atoms with Crippen LogP contribution < -0.4 is 10.1 Å². The minimum atomic E-state index is -4.77. The molecule has 12 heteroatoms. The third kappa shape index (κ3) is 8.01. The Kier molecular flexibility index (Phi) is 9.75. The van der Waals surface area contributed by atoms with Gasteiger partial charge in [-0.1, -0.05) is 42.5 Å². The van der Waals surface area contributed by atoms with Gasteiger partial charge in [-0.05, 0) is 49.4 Å². The number of aromatic nitrogens is 1. The van der Waals surface area contributed by atoms with Crippen molar-refractivity contribution >= 4 is 46.1 Å². The molecule has 4 rings (SSSR count). The number of nitrogens with zero attached hydrogens (tertiary/aromatic N) is 2. The molecule has 1 saturated heterocycles. The maximum Gasteiger partial charge on any atom is 0.573 e. The fourth-order valence-electron chi connectivity index (χ4n) is 4.47. The maximum atomic E-state index is 13.0. The average molecular weight is 592 g/mol. The molecule has 1 amide bonds. The number of hydrogen-bond acceptors (Lipinski definition) is 7. The van der Waals surface area contributed by atoms with Gasteiger partial charge in [0.15, 0.2) is 0 Å². The molecule has 1 N–H and O–H groups in total. The Hall–Kier alpha value is -3.51. The topological polar surface area (TPSA) is 80.8 Å². The summed E-state index contributed by atoms with van der Waals surface area (Å²) in [7, 11) is 1.38. The highest BCUT2D eigenvalue weighted by Gasteiger charge is 2.31. The molecule has 0 radical (unpaired) electrons. The first-order valence-electron chi connectivity index (χ1n) is 12.7. The molecule has 1 aliphatic rings. The number of methoxy groups -OCH3 is 1. The fraction of sp³-hybridized carbons (Fsp3) is 0.357. The zero-order valence-electron chi connectivity index (χ0n) is 21.7. The zero-order valence-corrected chi connectivity index (χ0v) is 23.3. The Morgan fingerprint density at radius 1 is 1.10 bits per heavy atom. The third-order valence-corrected chi connectivity index (χ3v) is 7.99. The number of likely N-dealkylation sites (tertiary alicyclic amines) is 1. The number of nitrogens with one attached hydrogen (secondary N) is 1. The summed E-state index contributed by atoms with van der Waals surface area (Å²) in [6.07, 6.45) is -1.35. The van der Waals surface area contributed by atoms with E-state index in [0.29, 0.717) is 41.8 Å². The number of benzene rings is 2. The number of para-hydroxylation sites is 1. The number of alkyl halides is 3. The molecule has 0 aliphatic carbocycles. The Balaban J connectivity index is 1.34. The van der Waals surface area contributed by atoms with Gasteiger partial charge in [-0.3, -0.25) is 9.59 Å². The summed E-state index contributed by atoms with van der Waals surface area (Å²) in [5, 5.41) is 5.52. The minimum absolute atomic E-state index is 0.227. The second kappa shape index (κ2) is 13.2. The molecule has 1 aliphatic heterocycles. The number of thiazole rings is 1. The fourth-order valence-corrected chi connectivity index (χ4v) is 5.76. The average Bonchev–Trinajstić information content (AvgIpc) is 3.44. The predicted molar refractivity (Wildman–Crippen MR) is 151 cm³/mol. The van der Waals surface area contributed by atoms with E-state index < -0.39 is 6.36 Å². The van der Waals surface area contributed by atoms with Crippen LogP contribution in [0.4, 0.5) is 18.9 Å². The van der Waals surface area contributed by atoms with E-state index in [2.05, 4.69) is 24.7 Å². The number of anilines is 1. The Morgan fingerprint density at radius 3 is 2.48 bits per heavy atom. The minimum Gasteiger partial charge on any atom is -0.469 e. The van der Waals surface area contributed by atoms with Crippen molar-refractivity contribution in [1.29, 1.82) is 0 Å². The van der Waals surface area contributed by atoms with Crippen molar-refractivity contribution in [2.75, 3.05) is 25.5 Å². The van der Waals surface area contributed by atoms with Crippen molar-refractivity contribution in [2.24, 2.45) is 0 Å². The first kappa shape index (κ1) is 29.5. The molecule has 212 valence electrons. The summed E-state index contributed by atoms with van der Waals surface area (Å²) in [6.45, 7) is 1.59. The number of hydrogen-bond donors (Lipinski definition) is 1. The number of carbonyl (C=O) groups is 2. The molecule has 40 heavy (non-hydrogen) atoms. The lowest BCUT2D eigenvalue weighted by Crippen LogP contribution is -2.36. The SMILES string of the molecule is COC(=O)CCCC(=S)N1CCC(c2nc(C(=O)Nc3ccccc3-c3ccc(OC(F)(F)F)cc3)cs2)CC1. The number of carbonyl (C=O) groups excluding carboxylic acids is 2. The van der Waals surface area contributed by atoms with Crippen LogP contribution in [0.3, 0.4) is 0 Å². The van der Waals surface area contributed by atoms with Crippen LogP contribution in [-0.2, 0) is 9.53 Å². The van der Waals surface area contributed by atoms with Crippen molar-refractivity contribution in [3.63, 3.8) is 0 Å². The highest BCUT2D eigenvalue weighted by Crippen LogP contribution is 2.33. The molecule has 1 fully saturated rings. The standard InChI is InChI=1S/C28H28F3N3O4S2/c1-37-25(35)8-4-7-24(39)34-15-13-19(14-16-34)27-33-23(17-40-27)26(36)32-22-6-3-2-5-21(22)18-9-11-20(12-10-18)38-28(29,30)31/h2-3,5-6,9-12,17,19H,4,7-8,13-16H2,1H3,(H,32,36). The predicted octanol–water partition coefficient (Wildman–Crippen LogP) is 6.81. The summed E-state index contributed by atoms with van der Waals surface area (Å²) in [5.74, 6) is -0.692. The normalized spacial score (nSPS) is 14.1. The first-order valence-corrected chi connectivity index (χ1v) is 14.0. The van der Waals surface area contributed by atoms with Crippen LogP contribution in [0.5, 0.6) is 5.75 Å². The van der Waals surface area contributed by atoms with Crippen molar-refractivity contribution < 1.29 is 32.2 Å². The quantitative estimate of drug-likeness (QED) is 0.216. The molecule has 2 heterocycles. The molecular weight excluding hydrogens is 563 g/mol. The number of halogens is 3. The van der Waals surface area contributed by atoms with Gasteiger partial charge >= 0.3 is 12.3 Å². The van der Waals surface area contributed by atoms with Crippen LogP contribution in [0.2, 0.25) is 0 Å². The Morgan fingerprint density at radius 2 is 1.80 bits per heavy atom. The molecule has 3 aromatic rings. The number of thiocarbonyl (C=S) groups is 1. The monoisotopic (exact) mass is 591 g/mol. The molecule has 1 aromatic heterocycles. The lowest BCUT2D eigenvalue weighted by Gasteiger charge is -2.33. The van der Waals surface area contributed by atoms with Crippen LogP contribution in [-0.4, -0.2) is 53.3 Å². The van der Waals surface area contributed by atoms with E-state index in [4.69, 9.17) is 12.2 Å². The molecule has 0 atom stereocenters. The maximum absolute atomic E-state index is 13.0. The van der Waals surface area contributed by atoms with Crippen molar-refractivity contribution in [3.8, 4) is 16.9 Å². The summed E-state index contributed by atoms with van der Waals surface area (Å²) in [5.41, 5.74) is 2.10. The van der Waals surface area contributed by atoms with E-state index in [1.807, 2.05) is 0 Å². The van der Waals surface area contributed by atoms with Gasteiger partial charge in [0.25, 0.3) is 5.91 Å². The molecule has 2 aromatic carbocycles. The van der Waals surface area contributed by atoms with Crippen LogP contribution in [0.15, 0.2) is 53.9 Å². The van der Waals surface area contributed by atoms with Gasteiger partial charge < -0.3 is 19.7 Å². The van der Waals surface area contributed by atoms with E-state index in [1.165, 1.54) is 42.7 Å². The molecule has 0 saturated carbocycles. The van der Waals surface area contributed by atoms with E-state index in [0.717, 1.165) is 35.9 Å². The van der Waals surface area contributed by atoms with E-state index in [-0.39, 0.29) is 23.5 Å². The Labute approximate surface area is 239 Å². The highest BCUT2D eigenvalue weighted by atomic mass is 32.1. The molecule has 0 unspecified atom stereocenters. The third-order valence-electron chi connectivity index (χ3n) is 6.52. The number of amides is 1. The lowest BCUT2D eigenvalue weighted by atomic mass is 9.97. The second-order valence-electron chi connectivity index (χ2n) is 9.23. The largest absolute Gasteiger partial charge is 0.573 e. The Bertz CT molecular complexity index is 1340. The van der Waals surface area contributed by atoms with Crippen molar-refractivity contribution in [1.82, 2.24) is 9.88 Å². The van der Waals surface area contributed by atoms with Crippen molar-refractivity contribution in [3.05, 3.63) is 64.6 Å². The van der Waals surface area contributed by atoms with E-state index >= 15 is 0 Å². The van der Waals surface area contributed by atoms with Crippen LogP contribution >= 0.6 is 23.6 Å². The van der Waals surface area contributed by atoms with Gasteiger partial charge in [0.2, 0.25) is 0 Å². The molecule has 0 spiro atoms. The summed E-state index contributed by atoms with van der Waals surface area (Å²) < 4.78 is 46.1. The van der Waals surface area contributed by atoms with Crippen molar-refractivity contribution in [2.45, 2.75) is 44.4 Å². The van der Waals surface area contributed by atoms with Gasteiger partial charge in [-0.15, -0.1) is 24.5 Å². The lowest BCUT2D eigenvalue weighted by molar-refractivity contribution is -0.274. The summed E-state index contributed by atoms with van der Waals surface area (Å²) >= 11 is 7.00. The molecular formula is C28H28F3N3O4S2. The van der Waals surface area contributed by atoms with Gasteiger partial charge in [0.05, 0.1) is 17.1 Å². The van der Waals surface area contributed by atoms with Gasteiger partial charge in [-0.25, -0.2) is 4.98 Å². The number of rotatable bonds is 9. The van der Waals surface area contributed by atoms with Crippen LogP contribution in [0.25, 0.3) is 11.1 Å². The van der Waals surface area contributed by atoms with E-state index in [9.17, 15) is 22.8 Å². The van der Waals surface area contributed by atoms with Crippen LogP contribution in [0, 0.1) is 0 Å². The smallest absolute Gasteiger partial charge is 0.469 e. The number of esters is 1. The summed E-state index contributed by atoms with van der Waals surface area (Å²) in [4.78, 5) is 32.0. The van der Waals surface area contributed by atoms with E-state index in [1.54, 1.807) is 29.6 Å². The highest BCUT2D eigenvalue weighted by molar-refractivity contribution is 7.80. The van der Waals surface area contributed by atoms with Gasteiger partial charge in [0, 0.05) is 42.1 Å². The zero-order chi connectivity index (χ0) is 28.7. The first-order chi connectivity index (χ1) is 19.1. The molecule has 7 nitrogen and oxygen atoms in total.